The maximum Gasteiger partial charge on any atom is 0.220 e. The number of hydrogen-bond donors (Lipinski definition) is 1. The van der Waals surface area contributed by atoms with Crippen molar-refractivity contribution in [3.63, 3.8) is 0 Å². The molecule has 1 aromatic carbocycles. The molecule has 2 fully saturated rings. The Balaban J connectivity index is 0.00000261. The molecule has 4 nitrogen and oxygen atoms in total. The van der Waals surface area contributed by atoms with E-state index in [4.69, 9.17) is 4.74 Å². The van der Waals surface area contributed by atoms with Gasteiger partial charge in [0.2, 0.25) is 5.91 Å². The molecule has 152 valence electrons. The van der Waals surface area contributed by atoms with Crippen LogP contribution in [0, 0.1) is 11.7 Å². The second-order valence-electron chi connectivity index (χ2n) is 7.56. The van der Waals surface area contributed by atoms with Gasteiger partial charge in [-0.15, -0.1) is 12.4 Å². The molecule has 1 saturated heterocycles. The molecule has 0 spiro atoms. The highest BCUT2D eigenvalue weighted by atomic mass is 35.5. The molecule has 3 rings (SSSR count). The van der Waals surface area contributed by atoms with Gasteiger partial charge in [0, 0.05) is 26.1 Å². The third-order valence-electron chi connectivity index (χ3n) is 5.74. The molecule has 1 amide bonds. The minimum absolute atomic E-state index is 0. The molecular formula is C21H32ClFN2O2. The predicted octanol–water partition coefficient (Wildman–Crippen LogP) is 4.10. The molecule has 1 aliphatic carbocycles. The van der Waals surface area contributed by atoms with Gasteiger partial charge in [-0.2, -0.15) is 0 Å². The van der Waals surface area contributed by atoms with E-state index in [1.165, 1.54) is 44.2 Å². The highest BCUT2D eigenvalue weighted by Gasteiger charge is 2.23. The first kappa shape index (κ1) is 22.1. The zero-order valence-corrected chi connectivity index (χ0v) is 16.8. The minimum Gasteiger partial charge on any atom is -0.379 e. The summed E-state index contributed by atoms with van der Waals surface area (Å²) in [6.07, 6.45) is 8.15. The fourth-order valence-corrected chi connectivity index (χ4v) is 4.14. The Morgan fingerprint density at radius 1 is 1.15 bits per heavy atom. The number of benzene rings is 1. The monoisotopic (exact) mass is 398 g/mol. The Morgan fingerprint density at radius 2 is 1.81 bits per heavy atom. The van der Waals surface area contributed by atoms with Crippen molar-refractivity contribution in [2.75, 3.05) is 32.8 Å². The number of nitrogens with zero attached hydrogens (tertiary/aromatic N) is 1. The molecule has 0 radical (unpaired) electrons. The van der Waals surface area contributed by atoms with Crippen molar-refractivity contribution in [2.24, 2.45) is 5.92 Å². The molecule has 6 heteroatoms. The zero-order valence-electron chi connectivity index (χ0n) is 16.0. The van der Waals surface area contributed by atoms with Gasteiger partial charge in [0.1, 0.15) is 5.82 Å². The SMILES string of the molecule is Cl.O=C(CCC1CCCCC1)NCC(c1ccc(F)cc1)N1CCOCC1. The molecule has 1 aromatic rings. The number of nitrogens with one attached hydrogen (secondary N) is 1. The summed E-state index contributed by atoms with van der Waals surface area (Å²) in [6, 6.07) is 6.70. The normalized spacial score (nSPS) is 19.9. The second kappa shape index (κ2) is 11.6. The van der Waals surface area contributed by atoms with Crippen molar-refractivity contribution in [1.29, 1.82) is 0 Å². The zero-order chi connectivity index (χ0) is 18.2. The molecule has 2 aliphatic rings. The lowest BCUT2D eigenvalue weighted by Gasteiger charge is -2.35. The molecule has 0 aromatic heterocycles. The number of ether oxygens (including phenoxy) is 1. The predicted molar refractivity (Wildman–Crippen MR) is 108 cm³/mol. The van der Waals surface area contributed by atoms with E-state index in [0.717, 1.165) is 31.0 Å². The van der Waals surface area contributed by atoms with Crippen molar-refractivity contribution in [3.8, 4) is 0 Å². The van der Waals surface area contributed by atoms with Crippen molar-refractivity contribution in [2.45, 2.75) is 51.0 Å². The topological polar surface area (TPSA) is 41.6 Å². The summed E-state index contributed by atoms with van der Waals surface area (Å²) in [5.74, 6) is 0.628. The molecule has 0 bridgehead atoms. The van der Waals surface area contributed by atoms with Gasteiger partial charge in [-0.1, -0.05) is 44.2 Å². The maximum atomic E-state index is 13.3. The van der Waals surface area contributed by atoms with Crippen LogP contribution in [-0.4, -0.2) is 43.7 Å². The highest BCUT2D eigenvalue weighted by Crippen LogP contribution is 2.27. The average molecular weight is 399 g/mol. The van der Waals surface area contributed by atoms with Crippen molar-refractivity contribution < 1.29 is 13.9 Å². The largest absolute Gasteiger partial charge is 0.379 e. The van der Waals surface area contributed by atoms with Crippen molar-refractivity contribution >= 4 is 18.3 Å². The van der Waals surface area contributed by atoms with Crippen LogP contribution in [0.25, 0.3) is 0 Å². The Labute approximate surface area is 168 Å². The first-order chi connectivity index (χ1) is 12.7. The first-order valence-electron chi connectivity index (χ1n) is 10.1. The number of hydrogen-bond acceptors (Lipinski definition) is 3. The Kier molecular flexibility index (Phi) is 9.52. The van der Waals surface area contributed by atoms with Crippen LogP contribution < -0.4 is 5.32 Å². The van der Waals surface area contributed by atoms with E-state index in [-0.39, 0.29) is 30.2 Å². The number of carbonyl (C=O) groups excluding carboxylic acids is 1. The standard InChI is InChI=1S/C21H31FN2O2.ClH/c22-19-9-7-18(8-10-19)20(24-12-14-26-15-13-24)16-23-21(25)11-6-17-4-2-1-3-5-17;/h7-10,17,20H,1-6,11-16H2,(H,23,25);1H. The van der Waals surface area contributed by atoms with Crippen LogP contribution in [0.4, 0.5) is 4.39 Å². The Bertz CT molecular complexity index is 558. The summed E-state index contributed by atoms with van der Waals surface area (Å²) in [5.41, 5.74) is 1.04. The van der Waals surface area contributed by atoms with Gasteiger partial charge in [-0.25, -0.2) is 4.39 Å². The van der Waals surface area contributed by atoms with E-state index < -0.39 is 0 Å². The minimum atomic E-state index is -0.231. The van der Waals surface area contributed by atoms with Crippen LogP contribution in [0.2, 0.25) is 0 Å². The lowest BCUT2D eigenvalue weighted by atomic mass is 9.86. The first-order valence-corrected chi connectivity index (χ1v) is 10.1. The number of morpholine rings is 1. The summed E-state index contributed by atoms with van der Waals surface area (Å²) in [7, 11) is 0. The highest BCUT2D eigenvalue weighted by molar-refractivity contribution is 5.85. The van der Waals surface area contributed by atoms with Crippen molar-refractivity contribution in [1.82, 2.24) is 10.2 Å². The number of carbonyl (C=O) groups is 1. The van der Waals surface area contributed by atoms with E-state index in [2.05, 4.69) is 10.2 Å². The fourth-order valence-electron chi connectivity index (χ4n) is 4.14. The molecule has 27 heavy (non-hydrogen) atoms. The number of rotatable bonds is 7. The Hall–Kier alpha value is -1.17. The van der Waals surface area contributed by atoms with E-state index in [9.17, 15) is 9.18 Å². The van der Waals surface area contributed by atoms with Crippen LogP contribution in [0.1, 0.15) is 56.6 Å². The summed E-state index contributed by atoms with van der Waals surface area (Å²) >= 11 is 0. The quantitative estimate of drug-likeness (QED) is 0.751. The van der Waals surface area contributed by atoms with Crippen molar-refractivity contribution in [3.05, 3.63) is 35.6 Å². The lowest BCUT2D eigenvalue weighted by molar-refractivity contribution is -0.121. The molecule has 1 aliphatic heterocycles. The summed E-state index contributed by atoms with van der Waals surface area (Å²) in [4.78, 5) is 14.7. The maximum absolute atomic E-state index is 13.3. The van der Waals surface area contributed by atoms with Gasteiger partial charge in [0.15, 0.2) is 0 Å². The summed E-state index contributed by atoms with van der Waals surface area (Å²) in [5, 5.41) is 3.12. The molecule has 1 N–H and O–H groups in total. The van der Waals surface area contributed by atoms with E-state index in [1.54, 1.807) is 0 Å². The average Bonchev–Trinajstić information content (AvgIpc) is 2.69. The lowest BCUT2D eigenvalue weighted by Crippen LogP contribution is -2.43. The van der Waals surface area contributed by atoms with Gasteiger partial charge >= 0.3 is 0 Å². The van der Waals surface area contributed by atoms with Crippen LogP contribution in [-0.2, 0) is 9.53 Å². The van der Waals surface area contributed by atoms with Crippen LogP contribution in [0.3, 0.4) is 0 Å². The summed E-state index contributed by atoms with van der Waals surface area (Å²) in [6.45, 7) is 3.63. The van der Waals surface area contributed by atoms with E-state index in [0.29, 0.717) is 26.2 Å². The van der Waals surface area contributed by atoms with Gasteiger partial charge in [-0.3, -0.25) is 9.69 Å². The molecule has 1 atom stereocenters. The van der Waals surface area contributed by atoms with Gasteiger partial charge in [0.25, 0.3) is 0 Å². The van der Waals surface area contributed by atoms with Gasteiger partial charge in [0.05, 0.1) is 19.3 Å². The van der Waals surface area contributed by atoms with E-state index in [1.807, 2.05) is 12.1 Å². The molecule has 1 unspecified atom stereocenters. The fraction of sp³-hybridized carbons (Fsp3) is 0.667. The number of halogens is 2. The van der Waals surface area contributed by atoms with Gasteiger partial charge < -0.3 is 10.1 Å². The molecule has 1 heterocycles. The molecule has 1 saturated carbocycles. The third-order valence-corrected chi connectivity index (χ3v) is 5.74. The number of amides is 1. The molecular weight excluding hydrogens is 367 g/mol. The van der Waals surface area contributed by atoms with Crippen LogP contribution in [0.15, 0.2) is 24.3 Å². The van der Waals surface area contributed by atoms with Crippen LogP contribution in [0.5, 0.6) is 0 Å². The van der Waals surface area contributed by atoms with Gasteiger partial charge in [-0.05, 0) is 30.0 Å². The Morgan fingerprint density at radius 3 is 2.48 bits per heavy atom. The van der Waals surface area contributed by atoms with Crippen LogP contribution >= 0.6 is 12.4 Å². The second-order valence-corrected chi connectivity index (χ2v) is 7.56. The smallest absolute Gasteiger partial charge is 0.220 e. The summed E-state index contributed by atoms with van der Waals surface area (Å²) < 4.78 is 18.7. The van der Waals surface area contributed by atoms with E-state index >= 15 is 0 Å². The third kappa shape index (κ3) is 7.05.